The van der Waals surface area contributed by atoms with Gasteiger partial charge in [-0.2, -0.15) is 14.3 Å². The Morgan fingerprint density at radius 1 is 0.936 bits per heavy atom. The van der Waals surface area contributed by atoms with Gasteiger partial charge in [0.1, 0.15) is 36.1 Å². The summed E-state index contributed by atoms with van der Waals surface area (Å²) in [7, 11) is -10.7. The van der Waals surface area contributed by atoms with Crippen LogP contribution in [0.3, 0.4) is 0 Å². The van der Waals surface area contributed by atoms with E-state index in [2.05, 4.69) is 65.1 Å². The monoisotopic (exact) mass is 740 g/mol. The van der Waals surface area contributed by atoms with E-state index in [1.807, 2.05) is 0 Å². The molecule has 9 atom stereocenters. The lowest BCUT2D eigenvalue weighted by molar-refractivity contribution is -0.0506. The number of H-pyrrole nitrogens is 2. The number of nitrogen functional groups attached to an aromatic ring is 2. The highest BCUT2D eigenvalue weighted by atomic mass is 32.1. The van der Waals surface area contributed by atoms with Gasteiger partial charge in [-0.05, 0) is 0 Å². The van der Waals surface area contributed by atoms with Crippen molar-refractivity contribution >= 4 is 75.5 Å². The van der Waals surface area contributed by atoms with Crippen molar-refractivity contribution in [2.24, 2.45) is 0 Å². The average molecular weight is 741 g/mol. The normalized spacial score (nSPS) is 29.8. The van der Waals surface area contributed by atoms with Crippen molar-refractivity contribution in [3.63, 3.8) is 0 Å². The summed E-state index contributed by atoms with van der Waals surface area (Å²) in [6, 6.07) is -0.736. The van der Waals surface area contributed by atoms with Crippen LogP contribution in [0.2, 0.25) is 0 Å². The van der Waals surface area contributed by atoms with Gasteiger partial charge in [0.15, 0.2) is 29.4 Å². The van der Waals surface area contributed by atoms with E-state index >= 15 is 0 Å². The third-order valence-electron chi connectivity index (χ3n) is 7.05. The molecule has 0 saturated carbocycles. The SMILES string of the molecule is Nc1nc2c(c(=O)[nH]1)NC1C(S)=C(S)C(COP(=O)(O)OP(=O)(O)OC[C@H]3O[C@@H](n4cnc5c(=O)[nH]c(N)nc54)C(O)C3O)OC1N2. The maximum Gasteiger partial charge on any atom is 0.481 e. The number of aliphatic hydroxyl groups excluding tert-OH is 2. The number of anilines is 4. The number of aromatic nitrogens is 6. The van der Waals surface area contributed by atoms with Crippen LogP contribution in [0.5, 0.6) is 0 Å². The topological polar surface area (TPSA) is 347 Å². The molecule has 0 aromatic carbocycles. The Bertz CT molecular complexity index is 1970. The number of nitrogens with zero attached hydrogens (tertiary/aromatic N) is 4. The second kappa shape index (κ2) is 12.5. The van der Waals surface area contributed by atoms with E-state index in [4.69, 9.17) is 30.0 Å². The Kier molecular flexibility index (Phi) is 8.97. The zero-order valence-corrected chi connectivity index (χ0v) is 26.8. The minimum absolute atomic E-state index is 0.0629. The van der Waals surface area contributed by atoms with Crippen molar-refractivity contribution in [1.82, 2.24) is 29.5 Å². The van der Waals surface area contributed by atoms with Crippen molar-refractivity contribution in [3.8, 4) is 0 Å². The van der Waals surface area contributed by atoms with E-state index in [-0.39, 0.29) is 44.4 Å². The molecule has 256 valence electrons. The molecule has 0 radical (unpaired) electrons. The summed E-state index contributed by atoms with van der Waals surface area (Å²) in [5.41, 5.74) is 9.76. The number of fused-ring (bicyclic) bond motifs is 3. The summed E-state index contributed by atoms with van der Waals surface area (Å²) in [4.78, 5) is 61.4. The number of aromatic amines is 2. The molecule has 27 heteroatoms. The maximum absolute atomic E-state index is 12.6. The van der Waals surface area contributed by atoms with Gasteiger partial charge in [0.25, 0.3) is 11.1 Å². The average Bonchev–Trinajstić information content (AvgIpc) is 3.52. The van der Waals surface area contributed by atoms with Crippen molar-refractivity contribution in [2.75, 3.05) is 35.3 Å². The molecule has 3 aliphatic heterocycles. The van der Waals surface area contributed by atoms with Crippen LogP contribution in [-0.4, -0.2) is 99.4 Å². The fourth-order valence-corrected chi connectivity index (χ4v) is 7.62. The number of phosphoric acid groups is 2. The van der Waals surface area contributed by atoms with Crippen LogP contribution in [0.25, 0.3) is 11.2 Å². The van der Waals surface area contributed by atoms with Crippen LogP contribution in [0.4, 0.5) is 23.4 Å². The number of nitrogens with two attached hydrogens (primary N) is 2. The lowest BCUT2D eigenvalue weighted by Crippen LogP contribution is -2.52. The standard InChI is InChI=1S/C20H26N10O13P2S2/c21-19-26-13-7(15(33)28-19)24-6-12(47)11(46)5(41-17(6)25-13)2-40-45(37,38)43-44(35,36)39-1-4-9(31)10(32)18(42-4)30-3-23-8-14(30)27-20(22)29-16(8)34/h3-6,9-10,17-18,24,31-32,46-47H,1-2H2,(H,35,36)(H,37,38)(H3,22,27,29,34)(H4,21,25,26,28,33)/t4-,5?,6?,9?,10?,17?,18-/m1/s1. The largest absolute Gasteiger partial charge is 0.481 e. The Balaban J connectivity index is 1.06. The number of aliphatic hydroxyl groups is 2. The first-order chi connectivity index (χ1) is 22.0. The van der Waals surface area contributed by atoms with E-state index in [1.165, 1.54) is 0 Å². The van der Waals surface area contributed by atoms with E-state index in [0.717, 1.165) is 10.9 Å². The minimum Gasteiger partial charge on any atom is -0.387 e. The molecule has 1 fully saturated rings. The molecule has 6 rings (SSSR count). The molecule has 3 aromatic rings. The zero-order valence-electron chi connectivity index (χ0n) is 23.2. The number of nitrogens with one attached hydrogen (secondary N) is 4. The first-order valence-electron chi connectivity index (χ1n) is 13.1. The quantitative estimate of drug-likeness (QED) is 0.0828. The summed E-state index contributed by atoms with van der Waals surface area (Å²) < 4.78 is 51.6. The Hall–Kier alpha value is -3.03. The Morgan fingerprint density at radius 2 is 1.60 bits per heavy atom. The Labute approximate surface area is 271 Å². The van der Waals surface area contributed by atoms with Crippen LogP contribution in [-0.2, 0) is 32.0 Å². The molecular weight excluding hydrogens is 714 g/mol. The summed E-state index contributed by atoms with van der Waals surface area (Å²) >= 11 is 8.75. The molecule has 3 aromatic heterocycles. The molecule has 7 unspecified atom stereocenters. The predicted molar refractivity (Wildman–Crippen MR) is 165 cm³/mol. The molecule has 0 amide bonds. The van der Waals surface area contributed by atoms with Crippen LogP contribution in [0.15, 0.2) is 25.7 Å². The molecule has 47 heavy (non-hydrogen) atoms. The van der Waals surface area contributed by atoms with Crippen LogP contribution >= 0.6 is 40.9 Å². The zero-order chi connectivity index (χ0) is 34.0. The highest BCUT2D eigenvalue weighted by Crippen LogP contribution is 2.61. The van der Waals surface area contributed by atoms with Crippen LogP contribution in [0, 0.1) is 0 Å². The number of hydrogen-bond donors (Lipinski definition) is 12. The first kappa shape index (κ1) is 33.9. The fourth-order valence-electron chi connectivity index (χ4n) is 4.92. The summed E-state index contributed by atoms with van der Waals surface area (Å²) in [6.07, 6.45) is -7.25. The maximum atomic E-state index is 12.6. The van der Waals surface area contributed by atoms with Gasteiger partial charge in [-0.1, -0.05) is 0 Å². The second-order valence-electron chi connectivity index (χ2n) is 10.2. The lowest BCUT2D eigenvalue weighted by atomic mass is 10.1. The fraction of sp³-hybridized carbons (Fsp3) is 0.450. The van der Waals surface area contributed by atoms with Crippen LogP contribution < -0.4 is 33.2 Å². The van der Waals surface area contributed by atoms with Gasteiger partial charge in [-0.3, -0.25) is 33.2 Å². The van der Waals surface area contributed by atoms with Crippen molar-refractivity contribution in [3.05, 3.63) is 36.8 Å². The third-order valence-corrected chi connectivity index (χ3v) is 10.9. The minimum atomic E-state index is -5.38. The summed E-state index contributed by atoms with van der Waals surface area (Å²) in [5, 5.41) is 26.8. The third kappa shape index (κ3) is 6.67. The van der Waals surface area contributed by atoms with Gasteiger partial charge in [-0.25, -0.2) is 14.1 Å². The predicted octanol–water partition coefficient (Wildman–Crippen LogP) is -2.06. The molecule has 12 N–H and O–H groups in total. The van der Waals surface area contributed by atoms with Crippen molar-refractivity contribution in [2.45, 2.75) is 42.9 Å². The number of phosphoric ester groups is 2. The second-order valence-corrected chi connectivity index (χ2v) is 14.2. The molecular formula is C20H26N10O13P2S2. The summed E-state index contributed by atoms with van der Waals surface area (Å²) in [5.74, 6) is -0.358. The molecule has 1 saturated heterocycles. The van der Waals surface area contributed by atoms with Gasteiger partial charge < -0.3 is 51.6 Å². The first-order valence-corrected chi connectivity index (χ1v) is 17.0. The van der Waals surface area contributed by atoms with E-state index < -0.39 is 82.9 Å². The molecule has 0 aliphatic carbocycles. The van der Waals surface area contributed by atoms with Crippen molar-refractivity contribution in [1.29, 1.82) is 0 Å². The number of thiol groups is 2. The van der Waals surface area contributed by atoms with E-state index in [1.54, 1.807) is 0 Å². The van der Waals surface area contributed by atoms with E-state index in [9.17, 15) is 38.7 Å². The van der Waals surface area contributed by atoms with Gasteiger partial charge in [0.05, 0.1) is 19.5 Å². The van der Waals surface area contributed by atoms with Crippen LogP contribution in [0.1, 0.15) is 6.23 Å². The van der Waals surface area contributed by atoms with E-state index in [0.29, 0.717) is 0 Å². The highest BCUT2D eigenvalue weighted by Gasteiger charge is 2.47. The highest BCUT2D eigenvalue weighted by molar-refractivity contribution is 7.88. The number of imidazole rings is 1. The molecule has 3 aliphatic rings. The Morgan fingerprint density at radius 3 is 2.32 bits per heavy atom. The summed E-state index contributed by atoms with van der Waals surface area (Å²) in [6.45, 7) is -1.66. The lowest BCUT2D eigenvalue weighted by Gasteiger charge is -2.41. The smallest absolute Gasteiger partial charge is 0.387 e. The number of rotatable bonds is 9. The van der Waals surface area contributed by atoms with Gasteiger partial charge in [0.2, 0.25) is 11.9 Å². The molecule has 23 nitrogen and oxygen atoms in total. The number of hydrogen-bond acceptors (Lipinski definition) is 20. The number of ether oxygens (including phenoxy) is 2. The van der Waals surface area contributed by atoms with Gasteiger partial charge >= 0.3 is 15.6 Å². The molecule has 0 spiro atoms. The van der Waals surface area contributed by atoms with Crippen molar-refractivity contribution < 1.29 is 52.0 Å². The van der Waals surface area contributed by atoms with Gasteiger partial charge in [-0.15, -0.1) is 25.3 Å². The molecule has 6 heterocycles. The molecule has 0 bridgehead atoms. The van der Waals surface area contributed by atoms with Gasteiger partial charge in [0, 0.05) is 9.81 Å².